The van der Waals surface area contributed by atoms with Gasteiger partial charge in [-0.25, -0.2) is 14.4 Å². The highest BCUT2D eigenvalue weighted by Crippen LogP contribution is 2.36. The lowest BCUT2D eigenvalue weighted by Crippen LogP contribution is -1.95. The molecular weight excluding hydrogens is 330 g/mol. The van der Waals surface area contributed by atoms with Crippen LogP contribution in [-0.2, 0) is 0 Å². The van der Waals surface area contributed by atoms with E-state index >= 15 is 0 Å². The van der Waals surface area contributed by atoms with Crippen LogP contribution >= 0.6 is 34.5 Å². The molecule has 106 valence electrons. The van der Waals surface area contributed by atoms with E-state index in [-0.39, 0.29) is 10.3 Å². The number of nitrogens with zero attached hydrogens (tertiary/aromatic N) is 2. The first-order chi connectivity index (χ1) is 10.1. The topological polar surface area (TPSA) is 25.8 Å². The summed E-state index contributed by atoms with van der Waals surface area (Å²) in [6.07, 6.45) is 0. The fourth-order valence-electron chi connectivity index (χ4n) is 2.00. The fraction of sp³-hybridized carbons (Fsp3) is 0.0667. The van der Waals surface area contributed by atoms with Gasteiger partial charge in [-0.3, -0.25) is 0 Å². The zero-order chi connectivity index (χ0) is 15.0. The number of halogens is 3. The molecule has 0 aliphatic rings. The Morgan fingerprint density at radius 3 is 2.29 bits per heavy atom. The highest BCUT2D eigenvalue weighted by atomic mass is 35.5. The maximum Gasteiger partial charge on any atom is 0.172 e. The van der Waals surface area contributed by atoms with E-state index in [1.807, 2.05) is 18.4 Å². The van der Waals surface area contributed by atoms with Gasteiger partial charge in [-0.2, -0.15) is 0 Å². The Morgan fingerprint density at radius 1 is 1.05 bits per heavy atom. The highest BCUT2D eigenvalue weighted by molar-refractivity contribution is 7.13. The Bertz CT molecular complexity index is 794. The number of hydrogen-bond donors (Lipinski definition) is 0. The molecular formula is C15H9Cl2FN2S. The summed E-state index contributed by atoms with van der Waals surface area (Å²) >= 11 is 13.9. The average Bonchev–Trinajstić information content (AvgIpc) is 2.86. The fourth-order valence-corrected chi connectivity index (χ4v) is 3.45. The molecule has 6 heteroatoms. The van der Waals surface area contributed by atoms with Crippen molar-refractivity contribution in [1.29, 1.82) is 0 Å². The third-order valence-corrected chi connectivity index (χ3v) is 4.59. The minimum Gasteiger partial charge on any atom is -0.215 e. The molecule has 0 aliphatic heterocycles. The SMILES string of the molecule is Cc1ccsc1-c1nc(Cl)c(-c2ccccc2F)c(Cl)n1. The molecule has 0 amide bonds. The Kier molecular flexibility index (Phi) is 3.93. The number of rotatable bonds is 2. The quantitative estimate of drug-likeness (QED) is 0.566. The summed E-state index contributed by atoms with van der Waals surface area (Å²) in [6, 6.07) is 8.23. The van der Waals surface area contributed by atoms with Crippen LogP contribution in [0.3, 0.4) is 0 Å². The van der Waals surface area contributed by atoms with Gasteiger partial charge in [-0.05, 0) is 30.0 Å². The van der Waals surface area contributed by atoms with Crippen molar-refractivity contribution in [3.05, 3.63) is 57.4 Å². The first-order valence-electron chi connectivity index (χ1n) is 6.10. The lowest BCUT2D eigenvalue weighted by molar-refractivity contribution is 0.631. The van der Waals surface area contributed by atoms with Gasteiger partial charge in [-0.15, -0.1) is 11.3 Å². The molecule has 0 atom stereocenters. The Labute approximate surface area is 135 Å². The van der Waals surface area contributed by atoms with Gasteiger partial charge in [0.1, 0.15) is 16.1 Å². The number of aryl methyl sites for hydroxylation is 1. The maximum absolute atomic E-state index is 13.9. The molecule has 2 nitrogen and oxygen atoms in total. The smallest absolute Gasteiger partial charge is 0.172 e. The van der Waals surface area contributed by atoms with Crippen LogP contribution in [0.2, 0.25) is 10.3 Å². The van der Waals surface area contributed by atoms with Gasteiger partial charge in [-0.1, -0.05) is 41.4 Å². The first kappa shape index (κ1) is 14.4. The minimum absolute atomic E-state index is 0.142. The Morgan fingerprint density at radius 2 is 1.71 bits per heavy atom. The van der Waals surface area contributed by atoms with E-state index in [0.29, 0.717) is 17.0 Å². The van der Waals surface area contributed by atoms with E-state index in [1.54, 1.807) is 18.2 Å². The monoisotopic (exact) mass is 338 g/mol. The summed E-state index contributed by atoms with van der Waals surface area (Å²) in [6.45, 7) is 1.96. The molecule has 1 aromatic carbocycles. The molecule has 0 radical (unpaired) electrons. The molecule has 0 N–H and O–H groups in total. The molecule has 0 aliphatic carbocycles. The Balaban J connectivity index is 2.18. The van der Waals surface area contributed by atoms with Crippen molar-refractivity contribution in [3.8, 4) is 21.8 Å². The Hall–Kier alpha value is -1.49. The zero-order valence-electron chi connectivity index (χ0n) is 10.9. The molecule has 0 bridgehead atoms. The molecule has 0 unspecified atom stereocenters. The van der Waals surface area contributed by atoms with Gasteiger partial charge in [0.2, 0.25) is 0 Å². The van der Waals surface area contributed by atoms with Crippen molar-refractivity contribution in [2.45, 2.75) is 6.92 Å². The minimum atomic E-state index is -0.412. The molecule has 0 fully saturated rings. The lowest BCUT2D eigenvalue weighted by atomic mass is 10.1. The van der Waals surface area contributed by atoms with Gasteiger partial charge in [0, 0.05) is 5.56 Å². The third-order valence-electron chi connectivity index (χ3n) is 3.03. The second-order valence-electron chi connectivity index (χ2n) is 4.42. The third kappa shape index (κ3) is 2.67. The summed E-state index contributed by atoms with van der Waals surface area (Å²) in [7, 11) is 0. The van der Waals surface area contributed by atoms with Gasteiger partial charge >= 0.3 is 0 Å². The zero-order valence-corrected chi connectivity index (χ0v) is 13.2. The molecule has 0 spiro atoms. The van der Waals surface area contributed by atoms with Crippen LogP contribution in [0.25, 0.3) is 21.8 Å². The normalized spacial score (nSPS) is 10.9. The summed E-state index contributed by atoms with van der Waals surface area (Å²) in [5, 5.41) is 2.23. The number of hydrogen-bond acceptors (Lipinski definition) is 3. The first-order valence-corrected chi connectivity index (χ1v) is 7.74. The number of benzene rings is 1. The van der Waals surface area contributed by atoms with Gasteiger partial charge < -0.3 is 0 Å². The van der Waals surface area contributed by atoms with Gasteiger partial charge in [0.25, 0.3) is 0 Å². The van der Waals surface area contributed by atoms with Crippen molar-refractivity contribution in [1.82, 2.24) is 9.97 Å². The van der Waals surface area contributed by atoms with Crippen molar-refractivity contribution in [2.75, 3.05) is 0 Å². The van der Waals surface area contributed by atoms with Crippen LogP contribution in [0.1, 0.15) is 5.56 Å². The van der Waals surface area contributed by atoms with E-state index < -0.39 is 5.82 Å². The molecule has 0 saturated carbocycles. The molecule has 2 heterocycles. The molecule has 3 rings (SSSR count). The summed E-state index contributed by atoms with van der Waals surface area (Å²) in [5.41, 5.74) is 1.65. The number of thiophene rings is 1. The van der Waals surface area contributed by atoms with Crippen molar-refractivity contribution in [3.63, 3.8) is 0 Å². The summed E-state index contributed by atoms with van der Waals surface area (Å²) < 4.78 is 13.9. The maximum atomic E-state index is 13.9. The second kappa shape index (κ2) is 5.72. The summed E-state index contributed by atoms with van der Waals surface area (Å²) in [5.74, 6) is 0.0440. The van der Waals surface area contributed by atoms with Crippen molar-refractivity contribution in [2.24, 2.45) is 0 Å². The van der Waals surface area contributed by atoms with Crippen LogP contribution in [0.4, 0.5) is 4.39 Å². The van der Waals surface area contributed by atoms with E-state index in [1.165, 1.54) is 17.4 Å². The molecule has 0 saturated heterocycles. The van der Waals surface area contributed by atoms with E-state index in [0.717, 1.165) is 10.4 Å². The largest absolute Gasteiger partial charge is 0.215 e. The van der Waals surface area contributed by atoms with Crippen LogP contribution in [-0.4, -0.2) is 9.97 Å². The van der Waals surface area contributed by atoms with E-state index in [2.05, 4.69) is 9.97 Å². The van der Waals surface area contributed by atoms with Gasteiger partial charge in [0.15, 0.2) is 5.82 Å². The van der Waals surface area contributed by atoms with E-state index in [9.17, 15) is 4.39 Å². The van der Waals surface area contributed by atoms with E-state index in [4.69, 9.17) is 23.2 Å². The highest BCUT2D eigenvalue weighted by Gasteiger charge is 2.18. The predicted octanol–water partition coefficient (Wildman–Crippen LogP) is 5.63. The van der Waals surface area contributed by atoms with Crippen LogP contribution in [0.5, 0.6) is 0 Å². The standard InChI is InChI=1S/C15H9Cl2FN2S/c1-8-6-7-21-12(8)15-19-13(16)11(14(17)20-15)9-4-2-3-5-10(9)18/h2-7H,1H3. The number of aromatic nitrogens is 2. The van der Waals surface area contributed by atoms with Crippen molar-refractivity contribution < 1.29 is 4.39 Å². The summed E-state index contributed by atoms with van der Waals surface area (Å²) in [4.78, 5) is 9.44. The predicted molar refractivity (Wildman–Crippen MR) is 85.5 cm³/mol. The van der Waals surface area contributed by atoms with Gasteiger partial charge in [0.05, 0.1) is 10.4 Å². The van der Waals surface area contributed by atoms with Crippen LogP contribution < -0.4 is 0 Å². The van der Waals surface area contributed by atoms with Crippen molar-refractivity contribution >= 4 is 34.5 Å². The van der Waals surface area contributed by atoms with Crippen LogP contribution in [0.15, 0.2) is 35.7 Å². The average molecular weight is 339 g/mol. The molecule has 2 aromatic heterocycles. The molecule has 3 aromatic rings. The lowest BCUT2D eigenvalue weighted by Gasteiger charge is -2.09. The molecule has 21 heavy (non-hydrogen) atoms. The van der Waals surface area contributed by atoms with Crippen LogP contribution in [0, 0.1) is 12.7 Å². The second-order valence-corrected chi connectivity index (χ2v) is 6.05.